The summed E-state index contributed by atoms with van der Waals surface area (Å²) in [4.78, 5) is 26.2. The Hall–Kier alpha value is -2.82. The van der Waals surface area contributed by atoms with E-state index in [1.807, 2.05) is 61.5 Å². The highest BCUT2D eigenvalue weighted by Crippen LogP contribution is 2.26. The van der Waals surface area contributed by atoms with Crippen LogP contribution in [0.1, 0.15) is 37.3 Å². The molecule has 5 nitrogen and oxygen atoms in total. The van der Waals surface area contributed by atoms with Gasteiger partial charge < -0.3 is 14.7 Å². The summed E-state index contributed by atoms with van der Waals surface area (Å²) in [7, 11) is 1.59. The zero-order valence-electron chi connectivity index (χ0n) is 15.4. The molecule has 2 atom stereocenters. The summed E-state index contributed by atoms with van der Waals surface area (Å²) in [5, 5.41) is 9.46. The highest BCUT2D eigenvalue weighted by molar-refractivity contribution is 5.88. The summed E-state index contributed by atoms with van der Waals surface area (Å²) in [5.41, 5.74) is 1.76. The quantitative estimate of drug-likeness (QED) is 0.784. The molecule has 0 radical (unpaired) electrons. The Balaban J connectivity index is 2.31. The summed E-state index contributed by atoms with van der Waals surface area (Å²) in [6.45, 7) is 3.74. The number of carboxylic acids is 1. The molecule has 138 valence electrons. The number of carboxylic acid groups (broad SMARTS) is 1. The number of aliphatic carboxylic acids is 1. The van der Waals surface area contributed by atoms with E-state index in [9.17, 15) is 14.7 Å². The highest BCUT2D eigenvalue weighted by Gasteiger charge is 2.31. The molecule has 0 aliphatic carbocycles. The van der Waals surface area contributed by atoms with Crippen molar-refractivity contribution < 1.29 is 19.4 Å². The van der Waals surface area contributed by atoms with Crippen LogP contribution in [0, 0.1) is 0 Å². The van der Waals surface area contributed by atoms with E-state index in [0.717, 1.165) is 16.9 Å². The van der Waals surface area contributed by atoms with Gasteiger partial charge in [-0.15, -0.1) is 0 Å². The van der Waals surface area contributed by atoms with Crippen molar-refractivity contribution in [3.05, 3.63) is 65.7 Å². The lowest BCUT2D eigenvalue weighted by atomic mass is 9.94. The molecule has 2 aromatic rings. The van der Waals surface area contributed by atoms with E-state index in [-0.39, 0.29) is 12.5 Å². The van der Waals surface area contributed by atoms with Gasteiger partial charge in [0.2, 0.25) is 5.91 Å². The Morgan fingerprint density at radius 2 is 1.69 bits per heavy atom. The normalized spacial score (nSPS) is 12.9. The van der Waals surface area contributed by atoms with Gasteiger partial charge in [0, 0.05) is 6.54 Å². The Labute approximate surface area is 154 Å². The highest BCUT2D eigenvalue weighted by atomic mass is 16.5. The number of carbonyl (C=O) groups is 2. The molecule has 5 heteroatoms. The maximum Gasteiger partial charge on any atom is 0.326 e. The number of nitrogens with zero attached hydrogens (tertiary/aromatic N) is 1. The zero-order chi connectivity index (χ0) is 19.1. The van der Waals surface area contributed by atoms with Gasteiger partial charge in [0.1, 0.15) is 11.8 Å². The fourth-order valence-corrected chi connectivity index (χ4v) is 2.91. The number of rotatable bonds is 8. The largest absolute Gasteiger partial charge is 0.497 e. The third-order valence-corrected chi connectivity index (χ3v) is 4.53. The number of hydrogen-bond acceptors (Lipinski definition) is 3. The van der Waals surface area contributed by atoms with Crippen molar-refractivity contribution in [3.63, 3.8) is 0 Å². The number of ether oxygens (including phenoxy) is 1. The minimum absolute atomic E-state index is 0.184. The molecule has 0 saturated heterocycles. The van der Waals surface area contributed by atoms with Crippen molar-refractivity contribution in [2.45, 2.75) is 38.8 Å². The molecule has 0 aliphatic heterocycles. The predicted octanol–water partition coefficient (Wildman–Crippen LogP) is 3.69. The van der Waals surface area contributed by atoms with Crippen molar-refractivity contribution in [1.82, 2.24) is 4.90 Å². The topological polar surface area (TPSA) is 66.8 Å². The minimum atomic E-state index is -1.01. The van der Waals surface area contributed by atoms with Crippen LogP contribution in [0.3, 0.4) is 0 Å². The van der Waals surface area contributed by atoms with Gasteiger partial charge in [-0.2, -0.15) is 0 Å². The minimum Gasteiger partial charge on any atom is -0.497 e. The molecule has 0 aromatic heterocycles. The van der Waals surface area contributed by atoms with E-state index in [1.54, 1.807) is 14.0 Å². The fourth-order valence-electron chi connectivity index (χ4n) is 2.91. The van der Waals surface area contributed by atoms with E-state index in [2.05, 4.69) is 0 Å². The third kappa shape index (κ3) is 4.63. The van der Waals surface area contributed by atoms with Crippen LogP contribution < -0.4 is 4.74 Å². The molecule has 0 heterocycles. The van der Waals surface area contributed by atoms with Crippen molar-refractivity contribution in [2.75, 3.05) is 7.11 Å². The zero-order valence-corrected chi connectivity index (χ0v) is 15.4. The van der Waals surface area contributed by atoms with Gasteiger partial charge in [0.15, 0.2) is 0 Å². The van der Waals surface area contributed by atoms with Gasteiger partial charge in [-0.3, -0.25) is 4.79 Å². The molecular formula is C21H25NO4. The number of benzene rings is 2. The summed E-state index contributed by atoms with van der Waals surface area (Å²) < 4.78 is 5.17. The van der Waals surface area contributed by atoms with Crippen molar-refractivity contribution in [3.8, 4) is 5.75 Å². The van der Waals surface area contributed by atoms with Gasteiger partial charge in [-0.1, -0.05) is 49.4 Å². The van der Waals surface area contributed by atoms with Crippen LogP contribution >= 0.6 is 0 Å². The van der Waals surface area contributed by atoms with Crippen molar-refractivity contribution in [1.29, 1.82) is 0 Å². The molecule has 0 aliphatic rings. The number of carbonyl (C=O) groups excluding carboxylic acids is 1. The second-order valence-corrected chi connectivity index (χ2v) is 6.20. The molecule has 0 spiro atoms. The molecule has 2 unspecified atom stereocenters. The molecule has 0 bridgehead atoms. The van der Waals surface area contributed by atoms with Gasteiger partial charge in [-0.05, 0) is 36.6 Å². The van der Waals surface area contributed by atoms with Gasteiger partial charge >= 0.3 is 5.97 Å². The third-order valence-electron chi connectivity index (χ3n) is 4.53. The first-order valence-corrected chi connectivity index (χ1v) is 8.69. The number of methoxy groups -OCH3 is 1. The molecule has 1 amide bonds. The summed E-state index contributed by atoms with van der Waals surface area (Å²) >= 11 is 0. The second kappa shape index (κ2) is 9.04. The number of hydrogen-bond donors (Lipinski definition) is 1. The Morgan fingerprint density at radius 1 is 1.08 bits per heavy atom. The van der Waals surface area contributed by atoms with Gasteiger partial charge in [-0.25, -0.2) is 4.79 Å². The Bertz CT molecular complexity index is 727. The first-order chi connectivity index (χ1) is 12.5. The SMILES string of the molecule is CCC(C(=O)N(Cc1ccccc1)C(C)C(=O)O)c1ccc(OC)cc1. The van der Waals surface area contributed by atoms with E-state index >= 15 is 0 Å². The fraction of sp³-hybridized carbons (Fsp3) is 0.333. The molecule has 0 saturated carbocycles. The molecular weight excluding hydrogens is 330 g/mol. The lowest BCUT2D eigenvalue weighted by Crippen LogP contribution is -2.44. The Morgan fingerprint density at radius 3 is 2.19 bits per heavy atom. The first kappa shape index (κ1) is 19.5. The molecule has 0 fully saturated rings. The lowest BCUT2D eigenvalue weighted by Gasteiger charge is -2.30. The van der Waals surface area contributed by atoms with Crippen LogP contribution in [0.4, 0.5) is 0 Å². The monoisotopic (exact) mass is 355 g/mol. The second-order valence-electron chi connectivity index (χ2n) is 6.20. The van der Waals surface area contributed by atoms with Crippen LogP contribution in [-0.2, 0) is 16.1 Å². The van der Waals surface area contributed by atoms with Crippen molar-refractivity contribution in [2.24, 2.45) is 0 Å². The van der Waals surface area contributed by atoms with Crippen LogP contribution in [-0.4, -0.2) is 35.0 Å². The van der Waals surface area contributed by atoms with Gasteiger partial charge in [0.25, 0.3) is 0 Å². The molecule has 26 heavy (non-hydrogen) atoms. The van der Waals surface area contributed by atoms with Crippen LogP contribution in [0.25, 0.3) is 0 Å². The number of amides is 1. The average Bonchev–Trinajstić information content (AvgIpc) is 2.67. The van der Waals surface area contributed by atoms with E-state index in [4.69, 9.17) is 4.74 Å². The maximum absolute atomic E-state index is 13.2. The summed E-state index contributed by atoms with van der Waals surface area (Å²) in [6.07, 6.45) is 0.586. The predicted molar refractivity (Wildman–Crippen MR) is 100 cm³/mol. The Kier molecular flexibility index (Phi) is 6.78. The summed E-state index contributed by atoms with van der Waals surface area (Å²) in [6, 6.07) is 15.9. The van der Waals surface area contributed by atoms with Crippen LogP contribution in [0.2, 0.25) is 0 Å². The molecule has 2 rings (SSSR count). The van der Waals surface area contributed by atoms with Crippen LogP contribution in [0.5, 0.6) is 5.75 Å². The lowest BCUT2D eigenvalue weighted by molar-refractivity contribution is -0.150. The van der Waals surface area contributed by atoms with Gasteiger partial charge in [0.05, 0.1) is 13.0 Å². The standard InChI is InChI=1S/C21H25NO4/c1-4-19(17-10-12-18(26-3)13-11-17)20(23)22(15(2)21(24)25)14-16-8-6-5-7-9-16/h5-13,15,19H,4,14H2,1-3H3,(H,24,25). The maximum atomic E-state index is 13.2. The first-order valence-electron chi connectivity index (χ1n) is 8.69. The molecule has 1 N–H and O–H groups in total. The van der Waals surface area contributed by atoms with E-state index in [1.165, 1.54) is 4.90 Å². The van der Waals surface area contributed by atoms with E-state index in [0.29, 0.717) is 6.42 Å². The smallest absolute Gasteiger partial charge is 0.326 e. The average molecular weight is 355 g/mol. The van der Waals surface area contributed by atoms with Crippen molar-refractivity contribution >= 4 is 11.9 Å². The van der Waals surface area contributed by atoms with Crippen LogP contribution in [0.15, 0.2) is 54.6 Å². The molecule has 2 aromatic carbocycles. The summed E-state index contributed by atoms with van der Waals surface area (Å²) in [5.74, 6) is -0.877. The van der Waals surface area contributed by atoms with E-state index < -0.39 is 17.9 Å².